The van der Waals surface area contributed by atoms with Crippen LogP contribution in [0.4, 0.5) is 0 Å². The van der Waals surface area contributed by atoms with Gasteiger partial charge < -0.3 is 5.32 Å². The molecule has 3 heteroatoms. The first-order valence-electron chi connectivity index (χ1n) is 4.32. The minimum Gasteiger partial charge on any atom is -0.355 e. The zero-order valence-corrected chi connectivity index (χ0v) is 8.01. The first-order valence-corrected chi connectivity index (χ1v) is 5.26. The van der Waals surface area contributed by atoms with Crippen LogP contribution >= 0.6 is 11.3 Å². The van der Waals surface area contributed by atoms with Crippen LogP contribution in [-0.2, 0) is 4.79 Å². The monoisotopic (exact) mass is 193 g/mol. The maximum absolute atomic E-state index is 10.9. The third-order valence-corrected chi connectivity index (χ3v) is 2.81. The summed E-state index contributed by atoms with van der Waals surface area (Å²) in [7, 11) is 0. The van der Waals surface area contributed by atoms with Crippen molar-refractivity contribution >= 4 is 23.3 Å². The van der Waals surface area contributed by atoms with Crippen LogP contribution in [0.3, 0.4) is 0 Å². The molecule has 1 N–H and O–H groups in total. The topological polar surface area (TPSA) is 29.1 Å². The van der Waals surface area contributed by atoms with Gasteiger partial charge in [0.15, 0.2) is 0 Å². The standard InChI is InChI=1S/C10H11NOS/c12-10-5-9(6-11-10)2-1-8-3-4-13-7-8/h1-4,7,9H,5-6H2,(H,11,12)/b2-1+. The van der Waals surface area contributed by atoms with Crippen LogP contribution in [0.15, 0.2) is 22.9 Å². The maximum Gasteiger partial charge on any atom is 0.220 e. The predicted octanol–water partition coefficient (Wildman–Crippen LogP) is 1.90. The van der Waals surface area contributed by atoms with Crippen LogP contribution in [0.1, 0.15) is 12.0 Å². The van der Waals surface area contributed by atoms with E-state index >= 15 is 0 Å². The summed E-state index contributed by atoms with van der Waals surface area (Å²) in [6.45, 7) is 0.791. The van der Waals surface area contributed by atoms with Gasteiger partial charge in [-0.2, -0.15) is 11.3 Å². The van der Waals surface area contributed by atoms with Crippen molar-refractivity contribution in [1.82, 2.24) is 5.32 Å². The minimum atomic E-state index is 0.167. The Balaban J connectivity index is 1.94. The van der Waals surface area contributed by atoms with Gasteiger partial charge >= 0.3 is 0 Å². The zero-order chi connectivity index (χ0) is 9.10. The van der Waals surface area contributed by atoms with Crippen LogP contribution in [0, 0.1) is 5.92 Å². The Bertz CT molecular complexity index is 316. The molecular formula is C10H11NOS. The van der Waals surface area contributed by atoms with E-state index in [1.165, 1.54) is 5.56 Å². The van der Waals surface area contributed by atoms with E-state index in [4.69, 9.17) is 0 Å². The van der Waals surface area contributed by atoms with Crippen LogP contribution in [0.5, 0.6) is 0 Å². The van der Waals surface area contributed by atoms with Crippen molar-refractivity contribution in [3.05, 3.63) is 28.5 Å². The molecule has 1 amide bonds. The van der Waals surface area contributed by atoms with Gasteiger partial charge in [0.25, 0.3) is 0 Å². The molecule has 0 radical (unpaired) electrons. The number of carbonyl (C=O) groups is 1. The van der Waals surface area contributed by atoms with E-state index in [1.807, 2.05) is 0 Å². The fourth-order valence-corrected chi connectivity index (χ4v) is 2.01. The van der Waals surface area contributed by atoms with E-state index in [-0.39, 0.29) is 5.91 Å². The van der Waals surface area contributed by atoms with Crippen molar-refractivity contribution in [2.75, 3.05) is 6.54 Å². The quantitative estimate of drug-likeness (QED) is 0.763. The number of hydrogen-bond acceptors (Lipinski definition) is 2. The van der Waals surface area contributed by atoms with Gasteiger partial charge in [0, 0.05) is 18.9 Å². The van der Waals surface area contributed by atoms with Gasteiger partial charge in [-0.05, 0) is 22.4 Å². The lowest BCUT2D eigenvalue weighted by Gasteiger charge is -1.96. The number of thiophene rings is 1. The van der Waals surface area contributed by atoms with Crippen molar-refractivity contribution in [1.29, 1.82) is 0 Å². The van der Waals surface area contributed by atoms with Gasteiger partial charge in [0.2, 0.25) is 5.91 Å². The van der Waals surface area contributed by atoms with Crippen LogP contribution in [0.25, 0.3) is 6.08 Å². The molecule has 0 aliphatic carbocycles. The van der Waals surface area contributed by atoms with Crippen LogP contribution in [-0.4, -0.2) is 12.5 Å². The SMILES string of the molecule is O=C1CC(/C=C/c2ccsc2)CN1. The largest absolute Gasteiger partial charge is 0.355 e. The third-order valence-electron chi connectivity index (χ3n) is 2.11. The summed E-state index contributed by atoms with van der Waals surface area (Å²) in [4.78, 5) is 10.9. The van der Waals surface area contributed by atoms with Crippen molar-refractivity contribution < 1.29 is 4.79 Å². The van der Waals surface area contributed by atoms with Crippen LogP contribution in [0.2, 0.25) is 0 Å². The maximum atomic E-state index is 10.9. The Kier molecular flexibility index (Phi) is 2.45. The molecule has 68 valence electrons. The van der Waals surface area contributed by atoms with E-state index in [1.54, 1.807) is 11.3 Å². The van der Waals surface area contributed by atoms with Gasteiger partial charge in [-0.15, -0.1) is 0 Å². The molecule has 1 aromatic rings. The summed E-state index contributed by atoms with van der Waals surface area (Å²) in [6, 6.07) is 2.07. The summed E-state index contributed by atoms with van der Waals surface area (Å²) in [5.74, 6) is 0.548. The van der Waals surface area contributed by atoms with E-state index < -0.39 is 0 Å². The Labute approximate surface area is 81.3 Å². The normalized spacial score (nSPS) is 22.5. The summed E-state index contributed by atoms with van der Waals surface area (Å²) in [5, 5.41) is 6.96. The molecule has 1 atom stereocenters. The Morgan fingerprint density at radius 1 is 1.62 bits per heavy atom. The fourth-order valence-electron chi connectivity index (χ4n) is 1.38. The Hall–Kier alpha value is -1.09. The number of amides is 1. The molecule has 13 heavy (non-hydrogen) atoms. The van der Waals surface area contributed by atoms with E-state index in [0.29, 0.717) is 12.3 Å². The molecule has 1 unspecified atom stereocenters. The zero-order valence-electron chi connectivity index (χ0n) is 7.19. The highest BCUT2D eigenvalue weighted by Crippen LogP contribution is 2.14. The fraction of sp³-hybridized carbons (Fsp3) is 0.300. The number of nitrogens with one attached hydrogen (secondary N) is 1. The van der Waals surface area contributed by atoms with Crippen molar-refractivity contribution in [2.24, 2.45) is 5.92 Å². The Morgan fingerprint density at radius 3 is 3.15 bits per heavy atom. The lowest BCUT2D eigenvalue weighted by atomic mass is 10.1. The predicted molar refractivity (Wildman–Crippen MR) is 54.5 cm³/mol. The highest BCUT2D eigenvalue weighted by Gasteiger charge is 2.18. The second kappa shape index (κ2) is 3.75. The van der Waals surface area contributed by atoms with Crippen molar-refractivity contribution in [3.63, 3.8) is 0 Å². The lowest BCUT2D eigenvalue weighted by molar-refractivity contribution is -0.119. The summed E-state index contributed by atoms with van der Waals surface area (Å²) < 4.78 is 0. The van der Waals surface area contributed by atoms with Gasteiger partial charge in [-0.25, -0.2) is 0 Å². The summed E-state index contributed by atoms with van der Waals surface area (Å²) in [6.07, 6.45) is 4.84. The molecule has 2 nitrogen and oxygen atoms in total. The molecule has 0 spiro atoms. The van der Waals surface area contributed by atoms with Gasteiger partial charge in [0.05, 0.1) is 0 Å². The molecule has 0 aromatic carbocycles. The van der Waals surface area contributed by atoms with Crippen molar-refractivity contribution in [3.8, 4) is 0 Å². The Morgan fingerprint density at radius 2 is 2.54 bits per heavy atom. The molecular weight excluding hydrogens is 182 g/mol. The van der Waals surface area contributed by atoms with Crippen molar-refractivity contribution in [2.45, 2.75) is 6.42 Å². The highest BCUT2D eigenvalue weighted by molar-refractivity contribution is 7.08. The number of carbonyl (C=O) groups excluding carboxylic acids is 1. The van der Waals surface area contributed by atoms with Gasteiger partial charge in [-0.1, -0.05) is 12.2 Å². The summed E-state index contributed by atoms with van der Waals surface area (Å²) >= 11 is 1.69. The molecule has 1 aliphatic rings. The smallest absolute Gasteiger partial charge is 0.220 e. The number of rotatable bonds is 2. The average Bonchev–Trinajstić information content (AvgIpc) is 2.71. The first-order chi connectivity index (χ1) is 6.34. The second-order valence-electron chi connectivity index (χ2n) is 3.18. The molecule has 1 saturated heterocycles. The molecule has 1 fully saturated rings. The molecule has 1 aromatic heterocycles. The summed E-state index contributed by atoms with van der Waals surface area (Å²) in [5.41, 5.74) is 1.23. The van der Waals surface area contributed by atoms with Gasteiger partial charge in [-0.3, -0.25) is 4.79 Å². The highest BCUT2D eigenvalue weighted by atomic mass is 32.1. The molecule has 0 bridgehead atoms. The third kappa shape index (κ3) is 2.18. The molecule has 0 saturated carbocycles. The van der Waals surface area contributed by atoms with Crippen LogP contribution < -0.4 is 5.32 Å². The van der Waals surface area contributed by atoms with E-state index in [9.17, 15) is 4.79 Å². The van der Waals surface area contributed by atoms with E-state index in [2.05, 4.69) is 34.3 Å². The average molecular weight is 193 g/mol. The first kappa shape index (κ1) is 8.51. The van der Waals surface area contributed by atoms with Gasteiger partial charge in [0.1, 0.15) is 0 Å². The molecule has 2 rings (SSSR count). The lowest BCUT2D eigenvalue weighted by Crippen LogP contribution is -2.13. The molecule has 1 aliphatic heterocycles. The second-order valence-corrected chi connectivity index (χ2v) is 3.96. The minimum absolute atomic E-state index is 0.167. The number of hydrogen-bond donors (Lipinski definition) is 1. The van der Waals surface area contributed by atoms with E-state index in [0.717, 1.165) is 6.54 Å². The molecule has 2 heterocycles.